The van der Waals surface area contributed by atoms with E-state index < -0.39 is 0 Å². The number of aromatic nitrogens is 1. The highest BCUT2D eigenvalue weighted by atomic mass is 16.3. The summed E-state index contributed by atoms with van der Waals surface area (Å²) in [6.07, 6.45) is 6.41. The molecule has 0 saturated carbocycles. The van der Waals surface area contributed by atoms with Crippen LogP contribution in [0.3, 0.4) is 0 Å². The minimum atomic E-state index is 0.924. The van der Waals surface area contributed by atoms with Crippen LogP contribution in [0.5, 0.6) is 0 Å². The lowest BCUT2D eigenvalue weighted by Crippen LogP contribution is -2.09. The van der Waals surface area contributed by atoms with Gasteiger partial charge in [-0.3, -0.25) is 0 Å². The maximum Gasteiger partial charge on any atom is 0.137 e. The van der Waals surface area contributed by atoms with Crippen LogP contribution < -0.4 is 4.90 Å². The van der Waals surface area contributed by atoms with Crippen LogP contribution in [0.25, 0.3) is 77.9 Å². The van der Waals surface area contributed by atoms with Gasteiger partial charge in [-0.25, -0.2) is 0 Å². The first-order valence-electron chi connectivity index (χ1n) is 19.7. The molecule has 0 spiro atoms. The first kappa shape index (κ1) is 33.0. The van der Waals surface area contributed by atoms with Gasteiger partial charge in [-0.15, -0.1) is 0 Å². The Bertz CT molecular complexity index is 3080. The van der Waals surface area contributed by atoms with Gasteiger partial charge in [0.25, 0.3) is 0 Å². The van der Waals surface area contributed by atoms with Gasteiger partial charge in [0.15, 0.2) is 0 Å². The van der Waals surface area contributed by atoms with Gasteiger partial charge < -0.3 is 13.9 Å². The number of hydrogen-bond donors (Lipinski definition) is 0. The van der Waals surface area contributed by atoms with Crippen molar-refractivity contribution in [2.75, 3.05) is 4.90 Å². The predicted octanol–water partition coefficient (Wildman–Crippen LogP) is 15.0. The average molecular weight is 731 g/mol. The molecule has 11 rings (SSSR count). The zero-order valence-corrected chi connectivity index (χ0v) is 31.3. The molecule has 2 aromatic heterocycles. The number of allylic oxidation sites excluding steroid dienone is 1. The molecule has 1 aliphatic carbocycles. The molecular weight excluding hydrogens is 693 g/mol. The Labute approximate surface area is 332 Å². The van der Waals surface area contributed by atoms with Crippen LogP contribution in [0.4, 0.5) is 17.1 Å². The number of benzene rings is 8. The fourth-order valence-corrected chi connectivity index (χ4v) is 8.63. The summed E-state index contributed by atoms with van der Waals surface area (Å²) in [5, 5.41) is 3.69. The summed E-state index contributed by atoms with van der Waals surface area (Å²) in [5.74, 6) is 1.08. The van der Waals surface area contributed by atoms with Crippen molar-refractivity contribution in [2.45, 2.75) is 12.8 Å². The van der Waals surface area contributed by atoms with E-state index in [0.29, 0.717) is 0 Å². The second-order valence-corrected chi connectivity index (χ2v) is 14.9. The van der Waals surface area contributed by atoms with Gasteiger partial charge in [-0.1, -0.05) is 133 Å². The predicted molar refractivity (Wildman–Crippen MR) is 239 cm³/mol. The molecule has 0 unspecified atom stereocenters. The van der Waals surface area contributed by atoms with E-state index in [9.17, 15) is 0 Å². The van der Waals surface area contributed by atoms with E-state index in [4.69, 9.17) is 4.42 Å². The number of anilines is 3. The third kappa shape index (κ3) is 5.84. The van der Waals surface area contributed by atoms with Gasteiger partial charge in [-0.05, 0) is 107 Å². The summed E-state index contributed by atoms with van der Waals surface area (Å²) < 4.78 is 8.79. The van der Waals surface area contributed by atoms with Crippen molar-refractivity contribution in [3.8, 4) is 39.1 Å². The molecule has 3 heteroatoms. The largest absolute Gasteiger partial charge is 0.460 e. The Morgan fingerprint density at radius 1 is 0.421 bits per heavy atom. The molecule has 0 radical (unpaired) electrons. The van der Waals surface area contributed by atoms with Crippen LogP contribution in [0.1, 0.15) is 17.7 Å². The molecule has 0 N–H and O–H groups in total. The normalized spacial score (nSPS) is 12.4. The van der Waals surface area contributed by atoms with Crippen molar-refractivity contribution in [2.24, 2.45) is 0 Å². The van der Waals surface area contributed by atoms with Gasteiger partial charge >= 0.3 is 0 Å². The number of aryl methyl sites for hydroxylation is 1. The summed E-state index contributed by atoms with van der Waals surface area (Å²) in [6.45, 7) is 0. The van der Waals surface area contributed by atoms with Gasteiger partial charge in [0.05, 0.1) is 11.0 Å². The third-order valence-electron chi connectivity index (χ3n) is 11.5. The zero-order chi connectivity index (χ0) is 37.7. The number of hydrogen-bond acceptors (Lipinski definition) is 2. The number of fused-ring (bicyclic) bond motifs is 6. The monoisotopic (exact) mass is 730 g/mol. The smallest absolute Gasteiger partial charge is 0.137 e. The van der Waals surface area contributed by atoms with Crippen LogP contribution in [0.15, 0.2) is 205 Å². The Morgan fingerprint density at radius 3 is 1.67 bits per heavy atom. The Morgan fingerprint density at radius 2 is 0.965 bits per heavy atom. The minimum absolute atomic E-state index is 0.924. The molecule has 0 saturated heterocycles. The van der Waals surface area contributed by atoms with Crippen molar-refractivity contribution >= 4 is 55.9 Å². The molecule has 2 heterocycles. The van der Waals surface area contributed by atoms with Gasteiger partial charge in [-0.2, -0.15) is 0 Å². The van der Waals surface area contributed by atoms with Gasteiger partial charge in [0.1, 0.15) is 11.3 Å². The summed E-state index contributed by atoms with van der Waals surface area (Å²) in [5.41, 5.74) is 16.1. The van der Waals surface area contributed by atoms with Crippen molar-refractivity contribution in [3.05, 3.63) is 212 Å². The number of nitrogens with zero attached hydrogens (tertiary/aromatic N) is 2. The van der Waals surface area contributed by atoms with E-state index in [0.717, 1.165) is 41.2 Å². The molecule has 10 aromatic rings. The lowest BCUT2D eigenvalue weighted by molar-refractivity contribution is 0.546. The fourth-order valence-electron chi connectivity index (χ4n) is 8.63. The SMILES string of the molecule is C1=Cc2c(oc3cc(N(c4ccc(-c5ccccc5)cc4)c4ccc(-c5ccc(-c6ccc7c(c6)c6ccccc6n7-c6ccccc6)cc5)cc4)ccc23)CC1. The highest BCUT2D eigenvalue weighted by molar-refractivity contribution is 6.10. The zero-order valence-electron chi connectivity index (χ0n) is 31.3. The second-order valence-electron chi connectivity index (χ2n) is 14.9. The molecule has 0 aliphatic heterocycles. The third-order valence-corrected chi connectivity index (χ3v) is 11.5. The molecule has 3 nitrogen and oxygen atoms in total. The van der Waals surface area contributed by atoms with E-state index in [1.807, 2.05) is 0 Å². The van der Waals surface area contributed by atoms with Crippen LogP contribution in [-0.2, 0) is 6.42 Å². The second kappa shape index (κ2) is 13.7. The minimum Gasteiger partial charge on any atom is -0.460 e. The van der Waals surface area contributed by atoms with Crippen LogP contribution in [-0.4, -0.2) is 4.57 Å². The molecule has 0 amide bonds. The maximum atomic E-state index is 6.43. The number of rotatable bonds is 7. The molecule has 0 fully saturated rings. The van der Waals surface area contributed by atoms with Crippen molar-refractivity contribution in [3.63, 3.8) is 0 Å². The highest BCUT2D eigenvalue weighted by Crippen LogP contribution is 2.41. The van der Waals surface area contributed by atoms with Crippen LogP contribution in [0, 0.1) is 0 Å². The van der Waals surface area contributed by atoms with Crippen molar-refractivity contribution < 1.29 is 4.42 Å². The number of furan rings is 1. The summed E-state index contributed by atoms with van der Waals surface area (Å²) in [7, 11) is 0. The molecule has 8 aromatic carbocycles. The highest BCUT2D eigenvalue weighted by Gasteiger charge is 2.19. The average Bonchev–Trinajstić information content (AvgIpc) is 3.83. The topological polar surface area (TPSA) is 21.3 Å². The van der Waals surface area contributed by atoms with Gasteiger partial charge in [0, 0.05) is 57.0 Å². The summed E-state index contributed by atoms with van der Waals surface area (Å²) in [6, 6.07) is 70.1. The Balaban J connectivity index is 0.924. The van der Waals surface area contributed by atoms with Gasteiger partial charge in [0.2, 0.25) is 0 Å². The van der Waals surface area contributed by atoms with E-state index >= 15 is 0 Å². The van der Waals surface area contributed by atoms with E-state index in [1.54, 1.807) is 0 Å². The van der Waals surface area contributed by atoms with Crippen molar-refractivity contribution in [1.82, 2.24) is 4.57 Å². The lowest BCUT2D eigenvalue weighted by Gasteiger charge is -2.26. The molecule has 1 aliphatic rings. The van der Waals surface area contributed by atoms with E-state index in [1.165, 1.54) is 71.8 Å². The first-order valence-corrected chi connectivity index (χ1v) is 19.7. The summed E-state index contributed by atoms with van der Waals surface area (Å²) in [4.78, 5) is 2.32. The lowest BCUT2D eigenvalue weighted by atomic mass is 9.98. The Hall–Kier alpha value is -7.36. The van der Waals surface area contributed by atoms with Crippen LogP contribution >= 0.6 is 0 Å². The molecule has 270 valence electrons. The Kier molecular flexibility index (Phi) is 7.96. The standard InChI is InChI=1S/C54H38N2O/c1-3-11-37(12-4-1)39-23-28-44(29-24-39)55(46-32-33-49-48-16-8-10-18-53(48)57-54(49)36-46)45-30-25-40(26-31-45)38-19-21-41(22-20-38)42-27-34-52-50(35-42)47-15-7-9-17-51(47)56(52)43-13-5-2-6-14-43/h1-9,11-17,19-36H,10,18H2. The van der Waals surface area contributed by atoms with Crippen LogP contribution in [0.2, 0.25) is 0 Å². The summed E-state index contributed by atoms with van der Waals surface area (Å²) >= 11 is 0. The molecule has 0 bridgehead atoms. The van der Waals surface area contributed by atoms with E-state index in [2.05, 4.69) is 216 Å². The molecule has 57 heavy (non-hydrogen) atoms. The number of para-hydroxylation sites is 2. The fraction of sp³-hybridized carbons (Fsp3) is 0.0370. The molecule has 0 atom stereocenters. The quantitative estimate of drug-likeness (QED) is 0.163. The first-order chi connectivity index (χ1) is 28.2. The van der Waals surface area contributed by atoms with E-state index in [-0.39, 0.29) is 0 Å². The maximum absolute atomic E-state index is 6.43. The molecular formula is C54H38N2O. The van der Waals surface area contributed by atoms with Crippen molar-refractivity contribution in [1.29, 1.82) is 0 Å².